The summed E-state index contributed by atoms with van der Waals surface area (Å²) in [7, 11) is 0. The minimum absolute atomic E-state index is 0.0323. The van der Waals surface area contributed by atoms with Crippen LogP contribution in [0.15, 0.2) is 43.0 Å². The third kappa shape index (κ3) is 4.53. The maximum Gasteiger partial charge on any atom is 0.242 e. The highest BCUT2D eigenvalue weighted by atomic mass is 16.2. The Morgan fingerprint density at radius 1 is 1.35 bits per heavy atom. The summed E-state index contributed by atoms with van der Waals surface area (Å²) in [4.78, 5) is 25.7. The van der Waals surface area contributed by atoms with Crippen molar-refractivity contribution in [1.82, 2.24) is 10.2 Å². The molecule has 0 fully saturated rings. The Hall–Kier alpha value is -2.10. The van der Waals surface area contributed by atoms with E-state index in [0.29, 0.717) is 19.5 Å². The van der Waals surface area contributed by atoms with Crippen LogP contribution in [0.25, 0.3) is 0 Å². The number of carbonyl (C=O) groups excluding carboxylic acids is 2. The zero-order chi connectivity index (χ0) is 15.0. The van der Waals surface area contributed by atoms with E-state index in [2.05, 4.69) is 11.9 Å². The van der Waals surface area contributed by atoms with E-state index >= 15 is 0 Å². The van der Waals surface area contributed by atoms with Gasteiger partial charge in [-0.2, -0.15) is 0 Å². The van der Waals surface area contributed by atoms with E-state index in [9.17, 15) is 9.59 Å². The molecule has 0 saturated heterocycles. The number of benzene rings is 1. The molecule has 1 aromatic carbocycles. The summed E-state index contributed by atoms with van der Waals surface area (Å²) < 4.78 is 0. The first-order chi connectivity index (χ1) is 9.60. The van der Waals surface area contributed by atoms with E-state index in [0.717, 1.165) is 5.56 Å². The molecule has 4 nitrogen and oxygen atoms in total. The summed E-state index contributed by atoms with van der Waals surface area (Å²) in [6, 6.07) is 9.17. The number of nitrogens with one attached hydrogen (secondary N) is 1. The topological polar surface area (TPSA) is 49.4 Å². The fourth-order valence-corrected chi connectivity index (χ4v) is 1.89. The molecule has 0 bridgehead atoms. The molecule has 0 radical (unpaired) electrons. The van der Waals surface area contributed by atoms with E-state index in [-0.39, 0.29) is 11.8 Å². The van der Waals surface area contributed by atoms with Gasteiger partial charge in [0.15, 0.2) is 0 Å². The Kier molecular flexibility index (Phi) is 6.50. The van der Waals surface area contributed by atoms with Crippen molar-refractivity contribution in [2.24, 2.45) is 0 Å². The van der Waals surface area contributed by atoms with Crippen LogP contribution in [0.4, 0.5) is 0 Å². The highest BCUT2D eigenvalue weighted by Gasteiger charge is 2.24. The Morgan fingerprint density at radius 2 is 2.00 bits per heavy atom. The van der Waals surface area contributed by atoms with Gasteiger partial charge in [-0.1, -0.05) is 43.3 Å². The minimum atomic E-state index is -0.498. The van der Waals surface area contributed by atoms with Gasteiger partial charge in [-0.05, 0) is 12.5 Å². The van der Waals surface area contributed by atoms with Gasteiger partial charge < -0.3 is 10.2 Å². The van der Waals surface area contributed by atoms with E-state index in [1.165, 1.54) is 0 Å². The molecule has 1 unspecified atom stereocenters. The van der Waals surface area contributed by atoms with Crippen molar-refractivity contribution in [3.8, 4) is 0 Å². The fraction of sp³-hybridized carbons (Fsp3) is 0.375. The molecule has 0 saturated carbocycles. The Balaban J connectivity index is 2.81. The van der Waals surface area contributed by atoms with Crippen LogP contribution in [0.5, 0.6) is 0 Å². The third-order valence-corrected chi connectivity index (χ3v) is 3.09. The number of nitrogens with zero attached hydrogens (tertiary/aromatic N) is 1. The monoisotopic (exact) mass is 274 g/mol. The third-order valence-electron chi connectivity index (χ3n) is 3.09. The molecule has 0 heterocycles. The molecule has 0 aromatic heterocycles. The normalized spacial score (nSPS) is 11.5. The molecule has 20 heavy (non-hydrogen) atoms. The van der Waals surface area contributed by atoms with Gasteiger partial charge in [0.1, 0.15) is 6.04 Å². The highest BCUT2D eigenvalue weighted by Crippen LogP contribution is 2.10. The lowest BCUT2D eigenvalue weighted by atomic mass is 10.1. The summed E-state index contributed by atoms with van der Waals surface area (Å²) in [6.45, 7) is 7.95. The van der Waals surface area contributed by atoms with Crippen LogP contribution in [0.3, 0.4) is 0 Å². The van der Waals surface area contributed by atoms with Gasteiger partial charge >= 0.3 is 0 Å². The lowest BCUT2D eigenvalue weighted by Crippen LogP contribution is -2.47. The van der Waals surface area contributed by atoms with Crippen molar-refractivity contribution < 1.29 is 9.59 Å². The van der Waals surface area contributed by atoms with Crippen molar-refractivity contribution in [2.45, 2.75) is 32.9 Å². The van der Waals surface area contributed by atoms with Crippen LogP contribution in [0.1, 0.15) is 25.8 Å². The van der Waals surface area contributed by atoms with E-state index in [1.54, 1.807) is 24.8 Å². The zero-order valence-corrected chi connectivity index (χ0v) is 12.1. The van der Waals surface area contributed by atoms with E-state index in [1.807, 2.05) is 30.3 Å². The fourth-order valence-electron chi connectivity index (χ4n) is 1.89. The summed E-state index contributed by atoms with van der Waals surface area (Å²) in [5, 5.41) is 2.73. The van der Waals surface area contributed by atoms with Gasteiger partial charge in [0, 0.05) is 19.5 Å². The van der Waals surface area contributed by atoms with Crippen LogP contribution >= 0.6 is 0 Å². The molecule has 1 aromatic rings. The quantitative estimate of drug-likeness (QED) is 0.774. The lowest BCUT2D eigenvalue weighted by molar-refractivity contribution is -0.140. The van der Waals surface area contributed by atoms with E-state index in [4.69, 9.17) is 0 Å². The largest absolute Gasteiger partial charge is 0.351 e. The Labute approximate surface area is 120 Å². The molecular weight excluding hydrogens is 252 g/mol. The zero-order valence-electron chi connectivity index (χ0n) is 12.1. The van der Waals surface area contributed by atoms with Gasteiger partial charge in [-0.3, -0.25) is 9.59 Å². The average Bonchev–Trinajstić information content (AvgIpc) is 2.49. The second kappa shape index (κ2) is 8.15. The van der Waals surface area contributed by atoms with E-state index < -0.39 is 6.04 Å². The van der Waals surface area contributed by atoms with Crippen LogP contribution < -0.4 is 5.32 Å². The minimum Gasteiger partial charge on any atom is -0.351 e. The molecule has 1 rings (SSSR count). The summed E-state index contributed by atoms with van der Waals surface area (Å²) in [5.41, 5.74) is 1.01. The standard InChI is InChI=1S/C16H22N2O2/c1-4-11-17-16(20)13(3)18(15(19)5-2)12-14-9-7-6-8-10-14/h4,6-10,13H,1,5,11-12H2,2-3H3,(H,17,20). The maximum atomic E-state index is 12.1. The van der Waals surface area contributed by atoms with Crippen LogP contribution in [0.2, 0.25) is 0 Å². The number of carbonyl (C=O) groups is 2. The number of amides is 2. The second-order valence-corrected chi connectivity index (χ2v) is 4.57. The molecule has 4 heteroatoms. The Morgan fingerprint density at radius 3 is 2.55 bits per heavy atom. The number of hydrogen-bond donors (Lipinski definition) is 1. The predicted molar refractivity (Wildman–Crippen MR) is 80.0 cm³/mol. The molecule has 1 atom stereocenters. The first-order valence-electron chi connectivity index (χ1n) is 6.82. The van der Waals surface area contributed by atoms with Crippen LogP contribution in [0, 0.1) is 0 Å². The first kappa shape index (κ1) is 16.0. The molecular formula is C16H22N2O2. The molecule has 1 N–H and O–H groups in total. The summed E-state index contributed by atoms with van der Waals surface area (Å²) in [5.74, 6) is -0.197. The van der Waals surface area contributed by atoms with Gasteiger partial charge in [0.2, 0.25) is 11.8 Å². The van der Waals surface area contributed by atoms with Gasteiger partial charge in [-0.25, -0.2) is 0 Å². The van der Waals surface area contributed by atoms with Gasteiger partial charge in [-0.15, -0.1) is 6.58 Å². The smallest absolute Gasteiger partial charge is 0.242 e. The Bertz CT molecular complexity index is 457. The van der Waals surface area contributed by atoms with Gasteiger partial charge in [0.25, 0.3) is 0 Å². The second-order valence-electron chi connectivity index (χ2n) is 4.57. The molecule has 0 spiro atoms. The van der Waals surface area contributed by atoms with Crippen molar-refractivity contribution in [3.05, 3.63) is 48.6 Å². The maximum absolute atomic E-state index is 12.1. The highest BCUT2D eigenvalue weighted by molar-refractivity contribution is 5.87. The van der Waals surface area contributed by atoms with Crippen molar-refractivity contribution >= 4 is 11.8 Å². The van der Waals surface area contributed by atoms with Gasteiger partial charge in [0.05, 0.1) is 0 Å². The molecule has 2 amide bonds. The molecule has 0 aliphatic carbocycles. The predicted octanol–water partition coefficient (Wildman–Crippen LogP) is 2.12. The average molecular weight is 274 g/mol. The summed E-state index contributed by atoms with van der Waals surface area (Å²) in [6.07, 6.45) is 2.00. The SMILES string of the molecule is C=CCNC(=O)C(C)N(Cc1ccccc1)C(=O)CC. The molecule has 0 aliphatic rings. The lowest BCUT2D eigenvalue weighted by Gasteiger charge is -2.28. The number of hydrogen-bond acceptors (Lipinski definition) is 2. The van der Waals surface area contributed by atoms with Crippen LogP contribution in [-0.2, 0) is 16.1 Å². The van der Waals surface area contributed by atoms with Crippen molar-refractivity contribution in [3.63, 3.8) is 0 Å². The van der Waals surface area contributed by atoms with Crippen molar-refractivity contribution in [1.29, 1.82) is 0 Å². The number of rotatable bonds is 7. The molecule has 0 aliphatic heterocycles. The molecule has 108 valence electrons. The first-order valence-corrected chi connectivity index (χ1v) is 6.82. The van der Waals surface area contributed by atoms with Crippen LogP contribution in [-0.4, -0.2) is 29.3 Å². The van der Waals surface area contributed by atoms with Crippen molar-refractivity contribution in [2.75, 3.05) is 6.54 Å². The summed E-state index contributed by atoms with van der Waals surface area (Å²) >= 11 is 0.